The zero-order valence-electron chi connectivity index (χ0n) is 28.5. The molecule has 0 bridgehead atoms. The maximum Gasteiger partial charge on any atom is 0.410 e. The van der Waals surface area contributed by atoms with Crippen LogP contribution in [0.4, 0.5) is 15.0 Å². The molecule has 0 spiro atoms. The van der Waals surface area contributed by atoms with Gasteiger partial charge in [-0.3, -0.25) is 9.78 Å². The van der Waals surface area contributed by atoms with Crippen LogP contribution in [-0.2, 0) is 17.7 Å². The van der Waals surface area contributed by atoms with Crippen LogP contribution in [0, 0.1) is 5.82 Å². The fraction of sp³-hybridized carbons (Fsp3) is 0.529. The first-order valence-electron chi connectivity index (χ1n) is 16.3. The Kier molecular flexibility index (Phi) is 10.6. The monoisotopic (exact) mass is 683 g/mol. The first-order valence-corrected chi connectivity index (χ1v) is 16.6. The van der Waals surface area contributed by atoms with Crippen LogP contribution < -0.4 is 14.4 Å². The summed E-state index contributed by atoms with van der Waals surface area (Å²) in [6.07, 6.45) is 3.25. The fourth-order valence-corrected chi connectivity index (χ4v) is 6.16. The first-order chi connectivity index (χ1) is 22.7. The van der Waals surface area contributed by atoms with Crippen LogP contribution in [0.3, 0.4) is 0 Å². The van der Waals surface area contributed by atoms with E-state index >= 15 is 0 Å². The van der Waals surface area contributed by atoms with Gasteiger partial charge >= 0.3 is 12.1 Å². The Morgan fingerprint density at radius 1 is 1.02 bits per heavy atom. The van der Waals surface area contributed by atoms with Crippen LogP contribution in [0.1, 0.15) is 82.9 Å². The number of amides is 2. The molecule has 0 unspecified atom stereocenters. The summed E-state index contributed by atoms with van der Waals surface area (Å²) in [6.45, 7) is 15.2. The Bertz CT molecular complexity index is 1630. The third-order valence-corrected chi connectivity index (χ3v) is 8.33. The van der Waals surface area contributed by atoms with E-state index in [4.69, 9.17) is 25.8 Å². The lowest BCUT2D eigenvalue weighted by molar-refractivity contribution is 0.0219. The van der Waals surface area contributed by atoms with Gasteiger partial charge in [-0.25, -0.2) is 9.18 Å². The topological polar surface area (TPSA) is 123 Å². The van der Waals surface area contributed by atoms with Gasteiger partial charge < -0.3 is 28.9 Å². The molecule has 5 rings (SSSR count). The van der Waals surface area contributed by atoms with Crippen molar-refractivity contribution < 1.29 is 28.2 Å². The molecule has 14 heteroatoms. The number of benzene rings is 1. The molecular weight excluding hydrogens is 641 g/mol. The Morgan fingerprint density at radius 2 is 1.73 bits per heavy atom. The van der Waals surface area contributed by atoms with Gasteiger partial charge in [0.1, 0.15) is 29.0 Å². The van der Waals surface area contributed by atoms with Gasteiger partial charge in [0.2, 0.25) is 0 Å². The number of aromatic nitrogens is 4. The molecule has 2 aromatic heterocycles. The van der Waals surface area contributed by atoms with Gasteiger partial charge in [-0.05, 0) is 72.7 Å². The van der Waals surface area contributed by atoms with E-state index in [1.54, 1.807) is 16.0 Å². The van der Waals surface area contributed by atoms with Gasteiger partial charge in [0, 0.05) is 62.7 Å². The molecule has 4 heterocycles. The van der Waals surface area contributed by atoms with Crippen molar-refractivity contribution >= 4 is 29.4 Å². The van der Waals surface area contributed by atoms with Crippen LogP contribution >= 0.6 is 11.6 Å². The molecule has 3 aromatic rings. The van der Waals surface area contributed by atoms with Gasteiger partial charge in [0.25, 0.3) is 5.91 Å². The third kappa shape index (κ3) is 8.23. The second-order valence-corrected chi connectivity index (χ2v) is 13.9. The minimum absolute atomic E-state index is 0.0583. The van der Waals surface area contributed by atoms with E-state index < -0.39 is 11.4 Å². The number of halogens is 2. The zero-order chi connectivity index (χ0) is 34.7. The number of anilines is 1. The summed E-state index contributed by atoms with van der Waals surface area (Å²) in [5.41, 5.74) is 1.29. The molecule has 1 aromatic carbocycles. The standard InChI is InChI=1S/C34H43ClFN7O5/c1-20(2)43(21(3)4)31(44)24-18-22(36)8-9-27(24)47-32-38-30(29(35)39-40-32)41-15-11-23(12-16-41)46-28-10-14-37-26-13-17-42(19-25(26)28)33(45)48-34(5,6)7/h8-10,14,18,20-21,23H,11-13,15-17,19H2,1-7H3. The normalized spacial score (nSPS) is 15.4. The van der Waals surface area contributed by atoms with Gasteiger partial charge in [0.05, 0.1) is 17.8 Å². The van der Waals surface area contributed by atoms with Crippen LogP contribution in [0.5, 0.6) is 17.5 Å². The van der Waals surface area contributed by atoms with E-state index in [1.165, 1.54) is 12.1 Å². The Morgan fingerprint density at radius 3 is 2.40 bits per heavy atom. The second kappa shape index (κ2) is 14.5. The van der Waals surface area contributed by atoms with E-state index in [1.807, 2.05) is 59.4 Å². The smallest absolute Gasteiger partial charge is 0.410 e. The Labute approximate surface area is 285 Å². The summed E-state index contributed by atoms with van der Waals surface area (Å²) in [5.74, 6) is 0.275. The highest BCUT2D eigenvalue weighted by Gasteiger charge is 2.31. The average molecular weight is 684 g/mol. The predicted octanol–water partition coefficient (Wildman–Crippen LogP) is 6.45. The first kappa shape index (κ1) is 35.1. The molecular formula is C34H43ClFN7O5. The van der Waals surface area contributed by atoms with E-state index in [9.17, 15) is 14.0 Å². The quantitative estimate of drug-likeness (QED) is 0.262. The van der Waals surface area contributed by atoms with Crippen LogP contribution in [0.2, 0.25) is 5.15 Å². The number of ether oxygens (including phenoxy) is 3. The van der Waals surface area contributed by atoms with Crippen LogP contribution in [0.15, 0.2) is 30.5 Å². The number of piperidine rings is 1. The summed E-state index contributed by atoms with van der Waals surface area (Å²) in [7, 11) is 0. The molecule has 1 fully saturated rings. The van der Waals surface area contributed by atoms with Crippen molar-refractivity contribution in [3.8, 4) is 17.5 Å². The van der Waals surface area contributed by atoms with Crippen LogP contribution in [0.25, 0.3) is 0 Å². The summed E-state index contributed by atoms with van der Waals surface area (Å²) < 4.78 is 32.3. The molecule has 1 saturated heterocycles. The molecule has 258 valence electrons. The van der Waals surface area contributed by atoms with Gasteiger partial charge in [-0.15, -0.1) is 5.10 Å². The molecule has 0 N–H and O–H groups in total. The summed E-state index contributed by atoms with van der Waals surface area (Å²) in [4.78, 5) is 40.6. The zero-order valence-corrected chi connectivity index (χ0v) is 29.3. The fourth-order valence-electron chi connectivity index (χ4n) is 5.96. The van der Waals surface area contributed by atoms with E-state index in [0.717, 1.165) is 17.3 Å². The number of nitrogens with zero attached hydrogens (tertiary/aromatic N) is 7. The van der Waals surface area contributed by atoms with Gasteiger partial charge in [0.15, 0.2) is 11.0 Å². The number of rotatable bonds is 8. The number of carbonyl (C=O) groups is 2. The minimum Gasteiger partial charge on any atom is -0.490 e. The van der Waals surface area contributed by atoms with Gasteiger partial charge in [-0.2, -0.15) is 4.98 Å². The maximum atomic E-state index is 14.3. The summed E-state index contributed by atoms with van der Waals surface area (Å²) in [6, 6.07) is 5.24. The molecule has 0 saturated carbocycles. The average Bonchev–Trinajstić information content (AvgIpc) is 3.02. The van der Waals surface area contributed by atoms with E-state index in [-0.39, 0.29) is 52.7 Å². The van der Waals surface area contributed by atoms with Gasteiger partial charge in [-0.1, -0.05) is 16.7 Å². The second-order valence-electron chi connectivity index (χ2n) is 13.5. The van der Waals surface area contributed by atoms with Crippen molar-refractivity contribution in [2.45, 2.75) is 98.1 Å². The van der Waals surface area contributed by atoms with Crippen LogP contribution in [-0.4, -0.2) is 85.4 Å². The van der Waals surface area contributed by atoms with Crippen molar-refractivity contribution in [1.82, 2.24) is 30.0 Å². The minimum atomic E-state index is -0.583. The van der Waals surface area contributed by atoms with Crippen molar-refractivity contribution in [1.29, 1.82) is 0 Å². The number of fused-ring (bicyclic) bond motifs is 1. The highest BCUT2D eigenvalue weighted by molar-refractivity contribution is 6.31. The molecule has 0 radical (unpaired) electrons. The Hall–Kier alpha value is -4.26. The van der Waals surface area contributed by atoms with E-state index in [0.29, 0.717) is 57.0 Å². The lowest BCUT2D eigenvalue weighted by atomic mass is 10.0. The van der Waals surface area contributed by atoms with Crippen molar-refractivity contribution in [2.24, 2.45) is 0 Å². The highest BCUT2D eigenvalue weighted by atomic mass is 35.5. The SMILES string of the molecule is CC(C)N(C(=O)c1cc(F)ccc1Oc1nnc(Cl)c(N2CCC(Oc3ccnc4c3CN(C(=O)OC(C)(C)C)CC4)CC2)n1)C(C)C. The number of hydrogen-bond donors (Lipinski definition) is 0. The lowest BCUT2D eigenvalue weighted by Gasteiger charge is -2.35. The maximum absolute atomic E-state index is 14.3. The largest absolute Gasteiger partial charge is 0.490 e. The predicted molar refractivity (Wildman–Crippen MR) is 178 cm³/mol. The Balaban J connectivity index is 1.26. The number of carbonyl (C=O) groups excluding carboxylic acids is 2. The van der Waals surface area contributed by atoms with Crippen molar-refractivity contribution in [3.05, 3.63) is 58.3 Å². The highest BCUT2D eigenvalue weighted by Crippen LogP contribution is 2.33. The number of pyridine rings is 1. The molecule has 0 atom stereocenters. The summed E-state index contributed by atoms with van der Waals surface area (Å²) in [5, 5.41) is 8.14. The van der Waals surface area contributed by atoms with Crippen molar-refractivity contribution in [2.75, 3.05) is 24.5 Å². The lowest BCUT2D eigenvalue weighted by Crippen LogP contribution is -2.42. The third-order valence-electron chi connectivity index (χ3n) is 8.09. The number of hydrogen-bond acceptors (Lipinski definition) is 10. The molecule has 2 aliphatic rings. The molecule has 48 heavy (non-hydrogen) atoms. The molecule has 2 aliphatic heterocycles. The molecule has 0 aliphatic carbocycles. The van der Waals surface area contributed by atoms with Crippen molar-refractivity contribution in [3.63, 3.8) is 0 Å². The van der Waals surface area contributed by atoms with E-state index in [2.05, 4.69) is 20.2 Å². The molecule has 12 nitrogen and oxygen atoms in total. The molecule has 2 amide bonds. The summed E-state index contributed by atoms with van der Waals surface area (Å²) >= 11 is 6.45.